The van der Waals surface area contributed by atoms with Crippen LogP contribution in [0.5, 0.6) is 11.5 Å². The van der Waals surface area contributed by atoms with E-state index in [4.69, 9.17) is 9.47 Å². The van der Waals surface area contributed by atoms with Crippen LogP contribution in [-0.2, 0) is 6.18 Å². The molecule has 8 heteroatoms. The lowest BCUT2D eigenvalue weighted by Gasteiger charge is -2.36. The van der Waals surface area contributed by atoms with E-state index in [9.17, 15) is 18.0 Å². The number of alkyl halides is 3. The van der Waals surface area contributed by atoms with Crippen LogP contribution in [0.25, 0.3) is 0 Å². The Hall–Kier alpha value is -2.90. The van der Waals surface area contributed by atoms with Crippen LogP contribution in [-0.4, -0.2) is 50.2 Å². The summed E-state index contributed by atoms with van der Waals surface area (Å²) in [6.45, 7) is 3.31. The highest BCUT2D eigenvalue weighted by Gasteiger charge is 2.31. The lowest BCUT2D eigenvalue weighted by Crippen LogP contribution is -2.48. The van der Waals surface area contributed by atoms with E-state index in [0.717, 1.165) is 23.6 Å². The molecule has 4 rings (SSSR count). The van der Waals surface area contributed by atoms with Gasteiger partial charge in [-0.1, -0.05) is 0 Å². The van der Waals surface area contributed by atoms with Crippen LogP contribution in [0, 0.1) is 0 Å². The lowest BCUT2D eigenvalue weighted by molar-refractivity contribution is -0.137. The lowest BCUT2D eigenvalue weighted by atomic mass is 10.1. The largest absolute Gasteiger partial charge is 0.486 e. The maximum atomic E-state index is 12.7. The normalized spacial score (nSPS) is 16.8. The van der Waals surface area contributed by atoms with Gasteiger partial charge in [0.2, 0.25) is 0 Å². The van der Waals surface area contributed by atoms with Gasteiger partial charge in [0.05, 0.1) is 5.56 Å². The second-order valence-electron chi connectivity index (χ2n) is 6.68. The molecule has 5 nitrogen and oxygen atoms in total. The average Bonchev–Trinajstić information content (AvgIpc) is 2.72. The molecule has 2 aromatic rings. The van der Waals surface area contributed by atoms with Crippen molar-refractivity contribution in [3.8, 4) is 11.5 Å². The van der Waals surface area contributed by atoms with Crippen molar-refractivity contribution in [1.29, 1.82) is 0 Å². The highest BCUT2D eigenvalue weighted by Crippen LogP contribution is 2.34. The third-order valence-electron chi connectivity index (χ3n) is 4.92. The highest BCUT2D eigenvalue weighted by atomic mass is 19.4. The van der Waals surface area contributed by atoms with E-state index in [1.807, 2.05) is 18.2 Å². The maximum absolute atomic E-state index is 12.7. The van der Waals surface area contributed by atoms with Gasteiger partial charge in [0, 0.05) is 43.5 Å². The number of carbonyl (C=O) groups is 1. The minimum atomic E-state index is -4.41. The molecular weight excluding hydrogens is 373 g/mol. The molecule has 0 radical (unpaired) electrons. The Balaban J connectivity index is 1.39. The summed E-state index contributed by atoms with van der Waals surface area (Å²) >= 11 is 0. The van der Waals surface area contributed by atoms with Crippen molar-refractivity contribution < 1.29 is 27.4 Å². The quantitative estimate of drug-likeness (QED) is 0.785. The molecule has 0 saturated carbocycles. The number of hydrogen-bond donors (Lipinski definition) is 0. The number of amides is 1. The zero-order valence-electron chi connectivity index (χ0n) is 15.0. The molecule has 1 amide bonds. The van der Waals surface area contributed by atoms with E-state index in [2.05, 4.69) is 4.90 Å². The summed E-state index contributed by atoms with van der Waals surface area (Å²) in [6, 6.07) is 10.1. The minimum absolute atomic E-state index is 0.254. The Morgan fingerprint density at radius 2 is 1.50 bits per heavy atom. The summed E-state index contributed by atoms with van der Waals surface area (Å²) in [4.78, 5) is 16.4. The van der Waals surface area contributed by atoms with Crippen molar-refractivity contribution in [3.05, 3.63) is 53.6 Å². The van der Waals surface area contributed by atoms with Crippen molar-refractivity contribution in [3.63, 3.8) is 0 Å². The summed E-state index contributed by atoms with van der Waals surface area (Å²) in [5.41, 5.74) is 0.499. The van der Waals surface area contributed by atoms with Crippen LogP contribution in [0.4, 0.5) is 18.9 Å². The Labute approximate surface area is 160 Å². The van der Waals surface area contributed by atoms with Gasteiger partial charge in [0.1, 0.15) is 13.2 Å². The van der Waals surface area contributed by atoms with Gasteiger partial charge in [-0.3, -0.25) is 4.79 Å². The molecule has 2 aliphatic rings. The first kappa shape index (κ1) is 18.5. The van der Waals surface area contributed by atoms with Crippen LogP contribution < -0.4 is 14.4 Å². The maximum Gasteiger partial charge on any atom is 0.416 e. The van der Waals surface area contributed by atoms with Crippen molar-refractivity contribution in [1.82, 2.24) is 4.90 Å². The summed E-state index contributed by atoms with van der Waals surface area (Å²) in [6.07, 6.45) is -4.41. The third kappa shape index (κ3) is 3.72. The smallest absolute Gasteiger partial charge is 0.416 e. The molecule has 0 bridgehead atoms. The van der Waals surface area contributed by atoms with Gasteiger partial charge in [0.15, 0.2) is 11.5 Å². The standard InChI is InChI=1S/C20H19F3N2O3/c21-20(22,23)15-3-1-14(2-4-15)19(26)25-9-7-24(8-10-25)16-5-6-17-18(13-16)28-12-11-27-17/h1-6,13H,7-12H2. The van der Waals surface area contributed by atoms with Crippen LogP contribution >= 0.6 is 0 Å². The molecule has 2 aromatic carbocycles. The monoisotopic (exact) mass is 392 g/mol. The number of rotatable bonds is 2. The van der Waals surface area contributed by atoms with Crippen molar-refractivity contribution in [2.45, 2.75) is 6.18 Å². The zero-order valence-corrected chi connectivity index (χ0v) is 15.0. The van der Waals surface area contributed by atoms with Crippen molar-refractivity contribution >= 4 is 11.6 Å². The van der Waals surface area contributed by atoms with Gasteiger partial charge >= 0.3 is 6.18 Å². The number of carbonyl (C=O) groups excluding carboxylic acids is 1. The van der Waals surface area contributed by atoms with E-state index < -0.39 is 11.7 Å². The molecule has 28 heavy (non-hydrogen) atoms. The number of fused-ring (bicyclic) bond motifs is 1. The second-order valence-corrected chi connectivity index (χ2v) is 6.68. The Bertz CT molecular complexity index is 860. The van der Waals surface area contributed by atoms with Crippen LogP contribution in [0.3, 0.4) is 0 Å². The number of halogens is 3. The van der Waals surface area contributed by atoms with E-state index in [1.54, 1.807) is 4.90 Å². The third-order valence-corrected chi connectivity index (χ3v) is 4.92. The van der Waals surface area contributed by atoms with Gasteiger partial charge in [0.25, 0.3) is 5.91 Å². The summed E-state index contributed by atoms with van der Waals surface area (Å²) in [5.74, 6) is 1.19. The Kier molecular flexibility index (Phi) is 4.78. The predicted molar refractivity (Wildman–Crippen MR) is 97.0 cm³/mol. The first-order valence-corrected chi connectivity index (χ1v) is 9.03. The van der Waals surface area contributed by atoms with Crippen molar-refractivity contribution in [2.24, 2.45) is 0 Å². The van der Waals surface area contributed by atoms with Gasteiger partial charge in [-0.2, -0.15) is 13.2 Å². The van der Waals surface area contributed by atoms with E-state index in [-0.39, 0.29) is 11.5 Å². The fraction of sp³-hybridized carbons (Fsp3) is 0.350. The number of ether oxygens (including phenoxy) is 2. The molecule has 1 fully saturated rings. The fourth-order valence-corrected chi connectivity index (χ4v) is 3.38. The number of benzene rings is 2. The van der Waals surface area contributed by atoms with E-state index in [0.29, 0.717) is 45.1 Å². The SMILES string of the molecule is O=C(c1ccc(C(F)(F)F)cc1)N1CCN(c2ccc3c(c2)OCCO3)CC1. The molecular formula is C20H19F3N2O3. The summed E-state index contributed by atoms with van der Waals surface area (Å²) in [5, 5.41) is 0. The van der Waals surface area contributed by atoms with Crippen molar-refractivity contribution in [2.75, 3.05) is 44.3 Å². The summed E-state index contributed by atoms with van der Waals surface area (Å²) in [7, 11) is 0. The molecule has 0 spiro atoms. The molecule has 0 atom stereocenters. The van der Waals surface area contributed by atoms with Gasteiger partial charge in [-0.05, 0) is 36.4 Å². The topological polar surface area (TPSA) is 42.0 Å². The average molecular weight is 392 g/mol. The molecule has 1 saturated heterocycles. The summed E-state index contributed by atoms with van der Waals surface area (Å²) < 4.78 is 49.1. The number of hydrogen-bond acceptors (Lipinski definition) is 4. The van der Waals surface area contributed by atoms with Gasteiger partial charge in [-0.15, -0.1) is 0 Å². The van der Waals surface area contributed by atoms with Crippen LogP contribution in [0.2, 0.25) is 0 Å². The highest BCUT2D eigenvalue weighted by molar-refractivity contribution is 5.94. The zero-order chi connectivity index (χ0) is 19.7. The fourth-order valence-electron chi connectivity index (χ4n) is 3.38. The Morgan fingerprint density at radius 3 is 2.14 bits per heavy atom. The number of anilines is 1. The van der Waals surface area contributed by atoms with Crippen LogP contribution in [0.15, 0.2) is 42.5 Å². The first-order valence-electron chi connectivity index (χ1n) is 9.03. The van der Waals surface area contributed by atoms with Gasteiger partial charge in [-0.25, -0.2) is 0 Å². The van der Waals surface area contributed by atoms with Crippen LogP contribution in [0.1, 0.15) is 15.9 Å². The predicted octanol–water partition coefficient (Wildman–Crippen LogP) is 3.44. The minimum Gasteiger partial charge on any atom is -0.486 e. The second kappa shape index (κ2) is 7.26. The molecule has 148 valence electrons. The Morgan fingerprint density at radius 1 is 0.857 bits per heavy atom. The van der Waals surface area contributed by atoms with Gasteiger partial charge < -0.3 is 19.3 Å². The molecule has 0 N–H and O–H groups in total. The van der Waals surface area contributed by atoms with E-state index in [1.165, 1.54) is 12.1 Å². The number of nitrogens with zero attached hydrogens (tertiary/aromatic N) is 2. The molecule has 2 aliphatic heterocycles. The molecule has 0 unspecified atom stereocenters. The molecule has 0 aliphatic carbocycles. The molecule has 2 heterocycles. The molecule has 0 aromatic heterocycles. The first-order chi connectivity index (χ1) is 13.4. The van der Waals surface area contributed by atoms with E-state index >= 15 is 0 Å². The number of piperazine rings is 1.